The summed E-state index contributed by atoms with van der Waals surface area (Å²) in [6, 6.07) is 11.4. The monoisotopic (exact) mass is 399 g/mol. The lowest BCUT2D eigenvalue weighted by atomic mass is 9.85. The third-order valence-corrected chi connectivity index (χ3v) is 6.96. The summed E-state index contributed by atoms with van der Waals surface area (Å²) in [5.74, 6) is -0.0803. The Labute approximate surface area is 173 Å². The Hall–Kier alpha value is -1.65. The number of ether oxygens (including phenoxy) is 1. The van der Waals surface area contributed by atoms with Crippen molar-refractivity contribution >= 4 is 17.3 Å². The van der Waals surface area contributed by atoms with Crippen molar-refractivity contribution in [1.29, 1.82) is 0 Å². The van der Waals surface area contributed by atoms with Gasteiger partial charge >= 0.3 is 5.97 Å². The fourth-order valence-electron chi connectivity index (χ4n) is 4.20. The van der Waals surface area contributed by atoms with E-state index in [0.717, 1.165) is 38.8 Å². The standard InChI is InChI=1S/C24H33NO2S/c1-5-27-23(26)24(3,4)14-8-11-21(20-10-7-6-9-18(20)2)25-15-12-22-19(17-25)13-16-28-22/h6-7,9-10,13,16,21H,5,8,11-12,14-15,17H2,1-4H3. The molecule has 0 saturated heterocycles. The van der Waals surface area contributed by atoms with Crippen molar-refractivity contribution in [1.82, 2.24) is 4.90 Å². The molecule has 3 rings (SSSR count). The van der Waals surface area contributed by atoms with Gasteiger partial charge in [-0.25, -0.2) is 0 Å². The van der Waals surface area contributed by atoms with Gasteiger partial charge in [-0.15, -0.1) is 11.3 Å². The molecular weight excluding hydrogens is 366 g/mol. The van der Waals surface area contributed by atoms with E-state index in [2.05, 4.69) is 47.5 Å². The highest BCUT2D eigenvalue weighted by Crippen LogP contribution is 2.36. The molecule has 28 heavy (non-hydrogen) atoms. The van der Waals surface area contributed by atoms with Crippen LogP contribution in [-0.4, -0.2) is 24.0 Å². The topological polar surface area (TPSA) is 29.5 Å². The smallest absolute Gasteiger partial charge is 0.311 e. The molecule has 0 spiro atoms. The SMILES string of the molecule is CCOC(=O)C(C)(C)CCCC(c1ccccc1C)N1CCc2sccc2C1. The fourth-order valence-corrected chi connectivity index (χ4v) is 5.09. The summed E-state index contributed by atoms with van der Waals surface area (Å²) < 4.78 is 5.27. The molecule has 1 aromatic heterocycles. The third-order valence-electron chi connectivity index (χ3n) is 5.93. The number of thiophene rings is 1. The Morgan fingerprint density at radius 2 is 2.07 bits per heavy atom. The highest BCUT2D eigenvalue weighted by atomic mass is 32.1. The van der Waals surface area contributed by atoms with E-state index >= 15 is 0 Å². The number of carbonyl (C=O) groups is 1. The van der Waals surface area contributed by atoms with Gasteiger partial charge in [-0.2, -0.15) is 0 Å². The Balaban J connectivity index is 1.73. The highest BCUT2D eigenvalue weighted by molar-refractivity contribution is 7.10. The summed E-state index contributed by atoms with van der Waals surface area (Å²) in [7, 11) is 0. The number of nitrogens with zero attached hydrogens (tertiary/aromatic N) is 1. The average Bonchev–Trinajstić information content (AvgIpc) is 3.14. The Morgan fingerprint density at radius 1 is 1.29 bits per heavy atom. The molecule has 0 fully saturated rings. The van der Waals surface area contributed by atoms with E-state index in [0.29, 0.717) is 12.6 Å². The first-order valence-electron chi connectivity index (χ1n) is 10.4. The lowest BCUT2D eigenvalue weighted by Crippen LogP contribution is -2.34. The van der Waals surface area contributed by atoms with Crippen LogP contribution in [0.2, 0.25) is 0 Å². The Kier molecular flexibility index (Phi) is 6.95. The van der Waals surface area contributed by atoms with E-state index in [1.807, 2.05) is 32.1 Å². The summed E-state index contributed by atoms with van der Waals surface area (Å²) in [5.41, 5.74) is 3.85. The molecule has 4 heteroatoms. The second-order valence-electron chi connectivity index (χ2n) is 8.46. The highest BCUT2D eigenvalue weighted by Gasteiger charge is 2.31. The normalized spacial score (nSPS) is 15.9. The van der Waals surface area contributed by atoms with Crippen molar-refractivity contribution in [3.05, 3.63) is 57.3 Å². The molecule has 1 aliphatic rings. The number of aryl methyl sites for hydroxylation is 1. The van der Waals surface area contributed by atoms with Crippen LogP contribution in [0.4, 0.5) is 0 Å². The second-order valence-corrected chi connectivity index (χ2v) is 9.46. The molecule has 1 aliphatic heterocycles. The molecule has 0 amide bonds. The van der Waals surface area contributed by atoms with Crippen LogP contribution in [0.5, 0.6) is 0 Å². The van der Waals surface area contributed by atoms with E-state index in [-0.39, 0.29) is 5.97 Å². The van der Waals surface area contributed by atoms with Crippen molar-refractivity contribution in [3.63, 3.8) is 0 Å². The average molecular weight is 400 g/mol. The number of hydrogen-bond acceptors (Lipinski definition) is 4. The second kappa shape index (κ2) is 9.23. The van der Waals surface area contributed by atoms with Crippen LogP contribution >= 0.6 is 11.3 Å². The minimum Gasteiger partial charge on any atom is -0.466 e. The summed E-state index contributed by atoms with van der Waals surface area (Å²) in [6.07, 6.45) is 4.07. The molecule has 0 saturated carbocycles. The zero-order chi connectivity index (χ0) is 20.1. The van der Waals surface area contributed by atoms with Crippen LogP contribution in [0.15, 0.2) is 35.7 Å². The van der Waals surface area contributed by atoms with Crippen molar-refractivity contribution in [2.45, 2.75) is 66.0 Å². The van der Waals surface area contributed by atoms with E-state index in [9.17, 15) is 4.79 Å². The fraction of sp³-hybridized carbons (Fsp3) is 0.542. The molecule has 1 unspecified atom stereocenters. The van der Waals surface area contributed by atoms with E-state index in [1.165, 1.54) is 16.7 Å². The van der Waals surface area contributed by atoms with Crippen molar-refractivity contribution < 1.29 is 9.53 Å². The zero-order valence-corrected chi connectivity index (χ0v) is 18.5. The summed E-state index contributed by atoms with van der Waals surface area (Å²) in [5, 5.41) is 2.22. The number of fused-ring (bicyclic) bond motifs is 1. The van der Waals surface area contributed by atoms with Gasteiger partial charge in [0, 0.05) is 24.0 Å². The minimum absolute atomic E-state index is 0.0803. The molecule has 0 bridgehead atoms. The van der Waals surface area contributed by atoms with Gasteiger partial charge in [0.1, 0.15) is 0 Å². The van der Waals surface area contributed by atoms with Gasteiger partial charge in [-0.1, -0.05) is 30.7 Å². The van der Waals surface area contributed by atoms with Crippen LogP contribution < -0.4 is 0 Å². The first-order chi connectivity index (χ1) is 13.4. The zero-order valence-electron chi connectivity index (χ0n) is 17.7. The maximum atomic E-state index is 12.2. The van der Waals surface area contributed by atoms with Crippen LogP contribution in [0, 0.1) is 12.3 Å². The van der Waals surface area contributed by atoms with E-state index in [1.54, 1.807) is 4.88 Å². The van der Waals surface area contributed by atoms with Crippen LogP contribution in [0.1, 0.15) is 67.6 Å². The number of hydrogen-bond donors (Lipinski definition) is 0. The predicted molar refractivity (Wildman–Crippen MR) is 117 cm³/mol. The van der Waals surface area contributed by atoms with Gasteiger partial charge in [0.05, 0.1) is 12.0 Å². The van der Waals surface area contributed by atoms with Crippen molar-refractivity contribution in [3.8, 4) is 0 Å². The number of rotatable bonds is 8. The minimum atomic E-state index is -0.422. The molecule has 0 radical (unpaired) electrons. The maximum Gasteiger partial charge on any atom is 0.311 e. The predicted octanol–water partition coefficient (Wildman–Crippen LogP) is 5.92. The van der Waals surface area contributed by atoms with Gasteiger partial charge in [-0.3, -0.25) is 9.69 Å². The molecule has 0 N–H and O–H groups in total. The molecule has 2 heterocycles. The van der Waals surface area contributed by atoms with Gasteiger partial charge in [0.25, 0.3) is 0 Å². The first-order valence-corrected chi connectivity index (χ1v) is 11.3. The molecule has 3 nitrogen and oxygen atoms in total. The number of carbonyl (C=O) groups excluding carboxylic acids is 1. The van der Waals surface area contributed by atoms with Crippen molar-refractivity contribution in [2.24, 2.45) is 5.41 Å². The Bertz CT molecular complexity index is 795. The van der Waals surface area contributed by atoms with Gasteiger partial charge in [-0.05, 0) is 75.1 Å². The number of benzene rings is 1. The van der Waals surface area contributed by atoms with Gasteiger partial charge < -0.3 is 4.74 Å². The molecule has 1 atom stereocenters. The van der Waals surface area contributed by atoms with Gasteiger partial charge in [0.2, 0.25) is 0 Å². The molecule has 1 aromatic carbocycles. The largest absolute Gasteiger partial charge is 0.466 e. The van der Waals surface area contributed by atoms with Crippen LogP contribution in [0.3, 0.4) is 0 Å². The molecular formula is C24H33NO2S. The lowest BCUT2D eigenvalue weighted by Gasteiger charge is -2.36. The molecule has 0 aliphatic carbocycles. The summed E-state index contributed by atoms with van der Waals surface area (Å²) in [6.45, 7) is 10.7. The lowest BCUT2D eigenvalue weighted by molar-refractivity contribution is -0.153. The van der Waals surface area contributed by atoms with Crippen molar-refractivity contribution in [2.75, 3.05) is 13.2 Å². The summed E-state index contributed by atoms with van der Waals surface area (Å²) in [4.78, 5) is 16.4. The molecule has 2 aromatic rings. The van der Waals surface area contributed by atoms with Gasteiger partial charge in [0.15, 0.2) is 0 Å². The maximum absolute atomic E-state index is 12.2. The summed E-state index contributed by atoms with van der Waals surface area (Å²) >= 11 is 1.89. The Morgan fingerprint density at radius 3 is 2.82 bits per heavy atom. The quantitative estimate of drug-likeness (QED) is 0.516. The third kappa shape index (κ3) is 4.84. The first kappa shape index (κ1) is 21.1. The van der Waals surface area contributed by atoms with Crippen LogP contribution in [0.25, 0.3) is 0 Å². The molecule has 152 valence electrons. The van der Waals surface area contributed by atoms with E-state index in [4.69, 9.17) is 4.74 Å². The number of esters is 1. The van der Waals surface area contributed by atoms with E-state index < -0.39 is 5.41 Å². The van der Waals surface area contributed by atoms with Crippen LogP contribution in [-0.2, 0) is 22.5 Å².